The molecule has 5 aromatic rings. The average molecular weight is 613 g/mol. The van der Waals surface area contributed by atoms with Gasteiger partial charge in [-0.15, -0.1) is 0 Å². The number of benzene rings is 2. The minimum absolute atomic E-state index is 0.0188. The van der Waals surface area contributed by atoms with Crippen LogP contribution in [0.1, 0.15) is 30.1 Å². The summed E-state index contributed by atoms with van der Waals surface area (Å²) in [6.45, 7) is 14.4. The lowest BCUT2D eigenvalue weighted by molar-refractivity contribution is -0.127. The van der Waals surface area contributed by atoms with Crippen molar-refractivity contribution in [3.05, 3.63) is 65.6 Å². The molecule has 10 nitrogen and oxygen atoms in total. The molecule has 1 N–H and O–H groups in total. The molecule has 3 aromatic heterocycles. The zero-order chi connectivity index (χ0) is 30.4. The van der Waals surface area contributed by atoms with Crippen molar-refractivity contribution in [3.8, 4) is 22.4 Å². The number of likely N-dealkylation sites (tertiary alicyclic amines) is 1. The summed E-state index contributed by atoms with van der Waals surface area (Å²) in [7, 11) is 0. The molecule has 2 aromatic carbocycles. The van der Waals surface area contributed by atoms with Crippen molar-refractivity contribution in [2.45, 2.75) is 39.3 Å². The molecule has 228 valence electrons. The van der Waals surface area contributed by atoms with Crippen LogP contribution in [0.4, 0.5) is 0 Å². The highest BCUT2D eigenvalue weighted by molar-refractivity contribution is 6.36. The number of carbonyl (C=O) groups excluding carboxylic acids is 1. The van der Waals surface area contributed by atoms with Gasteiger partial charge in [0, 0.05) is 65.9 Å². The van der Waals surface area contributed by atoms with E-state index in [2.05, 4.69) is 56.2 Å². The Labute approximate surface area is 261 Å². The maximum absolute atomic E-state index is 12.3. The quantitative estimate of drug-likeness (QED) is 0.247. The fraction of sp³-hybridized carbons (Fsp3) is 0.394. The first-order valence-electron chi connectivity index (χ1n) is 15.3. The van der Waals surface area contributed by atoms with E-state index in [1.54, 1.807) is 0 Å². The molecule has 1 amide bonds. The van der Waals surface area contributed by atoms with Gasteiger partial charge in [-0.25, -0.2) is 0 Å². The standard InChI is InChI=1S/C33H37ClN8O2/c1-4-29(43)40-9-7-25(8-10-40)42-22(3)30(31-26-20-35-37-27(26)17-21(2)32(31)34)33(38-42)23-5-6-28-24(18-23)19-36-41(28)12-11-39-13-15-44-16-14-39/h4-6,17-20,25H,1,7-16H2,2-3H3,(H,35,37). The summed E-state index contributed by atoms with van der Waals surface area (Å²) in [6.07, 6.45) is 6.82. The van der Waals surface area contributed by atoms with Crippen LogP contribution >= 0.6 is 11.6 Å². The first kappa shape index (κ1) is 28.8. The SMILES string of the molecule is C=CC(=O)N1CCC(n2nc(-c3ccc4c(cnn4CCN4CCOCC4)c3)c(-c3c(Cl)c(C)cc4[nH]ncc34)c2C)CC1. The lowest BCUT2D eigenvalue weighted by atomic mass is 9.94. The van der Waals surface area contributed by atoms with Crippen LogP contribution < -0.4 is 0 Å². The molecule has 0 aliphatic carbocycles. The number of aromatic amines is 1. The zero-order valence-corrected chi connectivity index (χ0v) is 26.0. The van der Waals surface area contributed by atoms with E-state index in [-0.39, 0.29) is 11.9 Å². The second-order valence-corrected chi connectivity index (χ2v) is 12.2. The number of aromatic nitrogens is 6. The summed E-state index contributed by atoms with van der Waals surface area (Å²) < 4.78 is 9.74. The Morgan fingerprint density at radius 3 is 2.66 bits per heavy atom. The normalized spacial score (nSPS) is 16.8. The number of hydrogen-bond acceptors (Lipinski definition) is 6. The van der Waals surface area contributed by atoms with Crippen molar-refractivity contribution in [2.24, 2.45) is 0 Å². The van der Waals surface area contributed by atoms with Gasteiger partial charge in [0.2, 0.25) is 5.91 Å². The molecular formula is C33H37ClN8O2. The number of piperidine rings is 1. The van der Waals surface area contributed by atoms with Crippen LogP contribution in [0.2, 0.25) is 5.02 Å². The van der Waals surface area contributed by atoms with E-state index in [1.807, 2.05) is 30.3 Å². The maximum atomic E-state index is 12.3. The van der Waals surface area contributed by atoms with Crippen molar-refractivity contribution >= 4 is 39.3 Å². The van der Waals surface area contributed by atoms with Gasteiger partial charge in [-0.2, -0.15) is 15.3 Å². The predicted molar refractivity (Wildman–Crippen MR) is 173 cm³/mol. The molecule has 7 rings (SSSR count). The minimum Gasteiger partial charge on any atom is -0.379 e. The summed E-state index contributed by atoms with van der Waals surface area (Å²) >= 11 is 7.10. The summed E-state index contributed by atoms with van der Waals surface area (Å²) in [5.74, 6) is -0.0188. The molecule has 0 radical (unpaired) electrons. The van der Waals surface area contributed by atoms with E-state index in [9.17, 15) is 4.79 Å². The van der Waals surface area contributed by atoms with Gasteiger partial charge >= 0.3 is 0 Å². The van der Waals surface area contributed by atoms with Gasteiger partial charge in [0.25, 0.3) is 0 Å². The molecule has 5 heterocycles. The van der Waals surface area contributed by atoms with Gasteiger partial charge in [0.15, 0.2) is 0 Å². The van der Waals surface area contributed by atoms with Gasteiger partial charge in [0.1, 0.15) is 5.69 Å². The van der Waals surface area contributed by atoms with Gasteiger partial charge in [-0.1, -0.05) is 24.2 Å². The van der Waals surface area contributed by atoms with E-state index in [0.717, 1.165) is 108 Å². The van der Waals surface area contributed by atoms with E-state index in [1.165, 1.54) is 6.08 Å². The van der Waals surface area contributed by atoms with Crippen LogP contribution in [-0.2, 0) is 16.1 Å². The Hall–Kier alpha value is -3.99. The lowest BCUT2D eigenvalue weighted by Crippen LogP contribution is -2.38. The Kier molecular flexibility index (Phi) is 7.74. The molecule has 0 bridgehead atoms. The first-order valence-corrected chi connectivity index (χ1v) is 15.7. The molecule has 0 spiro atoms. The molecule has 2 aliphatic heterocycles. The van der Waals surface area contributed by atoms with E-state index in [4.69, 9.17) is 26.5 Å². The highest BCUT2D eigenvalue weighted by atomic mass is 35.5. The van der Waals surface area contributed by atoms with Crippen molar-refractivity contribution < 1.29 is 9.53 Å². The van der Waals surface area contributed by atoms with Gasteiger partial charge in [0.05, 0.1) is 54.3 Å². The van der Waals surface area contributed by atoms with Crippen molar-refractivity contribution in [1.82, 2.24) is 39.6 Å². The number of nitrogens with zero attached hydrogens (tertiary/aromatic N) is 7. The van der Waals surface area contributed by atoms with Gasteiger partial charge < -0.3 is 9.64 Å². The molecule has 2 saturated heterocycles. The number of morpholine rings is 1. The fourth-order valence-electron chi connectivity index (χ4n) is 6.75. The number of amides is 1. The highest BCUT2D eigenvalue weighted by Crippen LogP contribution is 2.44. The smallest absolute Gasteiger partial charge is 0.245 e. The molecule has 2 aliphatic rings. The number of rotatable bonds is 7. The molecule has 0 atom stereocenters. The molecule has 0 unspecified atom stereocenters. The molecule has 2 fully saturated rings. The summed E-state index contributed by atoms with van der Waals surface area (Å²) in [6, 6.07) is 8.68. The third kappa shape index (κ3) is 5.10. The Bertz CT molecular complexity index is 1860. The monoisotopic (exact) mass is 612 g/mol. The van der Waals surface area contributed by atoms with E-state index in [0.29, 0.717) is 18.1 Å². The van der Waals surface area contributed by atoms with Crippen molar-refractivity contribution in [3.63, 3.8) is 0 Å². The van der Waals surface area contributed by atoms with E-state index < -0.39 is 0 Å². The maximum Gasteiger partial charge on any atom is 0.245 e. The number of hydrogen-bond donors (Lipinski definition) is 1. The largest absolute Gasteiger partial charge is 0.379 e. The number of aryl methyl sites for hydroxylation is 1. The number of halogens is 1. The number of ether oxygens (including phenoxy) is 1. The van der Waals surface area contributed by atoms with Crippen LogP contribution in [0.3, 0.4) is 0 Å². The third-order valence-corrected chi connectivity index (χ3v) is 9.70. The summed E-state index contributed by atoms with van der Waals surface area (Å²) in [5, 5.41) is 20.3. The van der Waals surface area contributed by atoms with Crippen LogP contribution in [-0.4, -0.2) is 91.4 Å². The Balaban J connectivity index is 1.30. The highest BCUT2D eigenvalue weighted by Gasteiger charge is 2.29. The summed E-state index contributed by atoms with van der Waals surface area (Å²) in [4.78, 5) is 16.5. The third-order valence-electron chi connectivity index (χ3n) is 9.21. The molecule has 44 heavy (non-hydrogen) atoms. The van der Waals surface area contributed by atoms with Gasteiger partial charge in [-0.3, -0.25) is 24.2 Å². The number of carbonyl (C=O) groups is 1. The van der Waals surface area contributed by atoms with Crippen LogP contribution in [0.5, 0.6) is 0 Å². The second-order valence-electron chi connectivity index (χ2n) is 11.8. The predicted octanol–water partition coefficient (Wildman–Crippen LogP) is 5.40. The molecule has 0 saturated carbocycles. The van der Waals surface area contributed by atoms with Crippen molar-refractivity contribution in [2.75, 3.05) is 45.9 Å². The van der Waals surface area contributed by atoms with Crippen LogP contribution in [0.15, 0.2) is 49.3 Å². The molecule has 11 heteroatoms. The lowest BCUT2D eigenvalue weighted by Gasteiger charge is -2.32. The van der Waals surface area contributed by atoms with Crippen LogP contribution in [0.25, 0.3) is 44.2 Å². The Morgan fingerprint density at radius 2 is 1.89 bits per heavy atom. The van der Waals surface area contributed by atoms with Crippen LogP contribution in [0, 0.1) is 13.8 Å². The zero-order valence-electron chi connectivity index (χ0n) is 25.2. The number of nitrogens with one attached hydrogen (secondary N) is 1. The minimum atomic E-state index is -0.0188. The summed E-state index contributed by atoms with van der Waals surface area (Å²) in [5.41, 5.74) is 7.90. The Morgan fingerprint density at radius 1 is 1.09 bits per heavy atom. The fourth-order valence-corrected chi connectivity index (χ4v) is 7.00. The molecular weight excluding hydrogens is 576 g/mol. The first-order chi connectivity index (χ1) is 21.4. The van der Waals surface area contributed by atoms with Crippen molar-refractivity contribution in [1.29, 1.82) is 0 Å². The topological polar surface area (TPSA) is 97.1 Å². The average Bonchev–Trinajstić information content (AvgIpc) is 3.78. The number of fused-ring (bicyclic) bond motifs is 2. The second kappa shape index (κ2) is 11.8. The van der Waals surface area contributed by atoms with E-state index >= 15 is 0 Å². The number of H-pyrrole nitrogens is 1. The van der Waals surface area contributed by atoms with Gasteiger partial charge in [-0.05, 0) is 56.5 Å².